The molecule has 0 nitrogen and oxygen atoms in total. The molecular weight excluding hydrogens is 522 g/mol. The first kappa shape index (κ1) is 29.2. The van der Waals surface area contributed by atoms with E-state index in [-0.39, 0.29) is 24.8 Å². The molecule has 0 saturated heterocycles. The Hall–Kier alpha value is -1.79. The van der Waals surface area contributed by atoms with Gasteiger partial charge in [-0.3, -0.25) is 0 Å². The van der Waals surface area contributed by atoms with E-state index in [4.69, 9.17) is 0 Å². The minimum absolute atomic E-state index is 0. The van der Waals surface area contributed by atoms with Crippen molar-refractivity contribution in [1.82, 2.24) is 0 Å². The zero-order valence-electron chi connectivity index (χ0n) is 19.9. The van der Waals surface area contributed by atoms with E-state index < -0.39 is 0 Å². The maximum absolute atomic E-state index is 2.24. The van der Waals surface area contributed by atoms with Crippen LogP contribution in [-0.2, 0) is 24.2 Å². The van der Waals surface area contributed by atoms with Crippen LogP contribution in [0.1, 0.15) is 34.7 Å². The van der Waals surface area contributed by atoms with Gasteiger partial charge in [0.2, 0.25) is 0 Å². The summed E-state index contributed by atoms with van der Waals surface area (Å²) < 4.78 is 1.46. The third kappa shape index (κ3) is 8.18. The van der Waals surface area contributed by atoms with E-state index in [9.17, 15) is 0 Å². The van der Waals surface area contributed by atoms with E-state index in [1.54, 1.807) is 0 Å². The van der Waals surface area contributed by atoms with Gasteiger partial charge in [0, 0.05) is 0 Å². The fourth-order valence-corrected chi connectivity index (χ4v) is 4.18. The predicted octanol–water partition coefficient (Wildman–Crippen LogP) is 2.13. The second kappa shape index (κ2) is 13.8. The monoisotopic (exact) mass is 550 g/mol. The molecule has 0 unspecified atom stereocenters. The van der Waals surface area contributed by atoms with Crippen LogP contribution in [0.25, 0.3) is 21.5 Å². The Morgan fingerprint density at radius 2 is 1.03 bits per heavy atom. The van der Waals surface area contributed by atoms with E-state index in [2.05, 4.69) is 120 Å². The molecule has 0 heterocycles. The van der Waals surface area contributed by atoms with Crippen molar-refractivity contribution in [2.75, 3.05) is 0 Å². The molecule has 170 valence electrons. The van der Waals surface area contributed by atoms with Crippen LogP contribution in [0, 0.1) is 27.7 Å². The van der Waals surface area contributed by atoms with E-state index in [0.29, 0.717) is 0 Å². The number of aryl methyl sites for hydroxylation is 4. The molecule has 0 fully saturated rings. The number of rotatable bonds is 1. The molecule has 0 N–H and O–H groups in total. The van der Waals surface area contributed by atoms with Crippen LogP contribution in [0.3, 0.4) is 0 Å². The number of hydrogen-bond acceptors (Lipinski definition) is 0. The van der Waals surface area contributed by atoms with Gasteiger partial charge >= 0.3 is 70.3 Å². The molecule has 0 bridgehead atoms. The number of halogens is 2. The van der Waals surface area contributed by atoms with Crippen LogP contribution >= 0.6 is 0 Å². The smallest absolute Gasteiger partial charge is 0.0488 e. The van der Waals surface area contributed by atoms with Crippen molar-refractivity contribution < 1.29 is 49.0 Å². The van der Waals surface area contributed by atoms with Gasteiger partial charge in [-0.05, 0) is 13.8 Å². The maximum Gasteiger partial charge on any atom is -0.0488 e. The van der Waals surface area contributed by atoms with E-state index in [1.807, 2.05) is 6.07 Å². The molecule has 0 aliphatic heterocycles. The van der Waals surface area contributed by atoms with Gasteiger partial charge in [0.1, 0.15) is 0 Å². The Labute approximate surface area is 225 Å². The van der Waals surface area contributed by atoms with Gasteiger partial charge in [-0.15, -0.1) is 69.1 Å². The Morgan fingerprint density at radius 1 is 0.606 bits per heavy atom. The molecule has 0 aromatic heterocycles. The molecule has 5 aromatic carbocycles. The standard InChI is InChI=1S/2C11H11.C8H8.2ClH.Zr/c2*1-8-6-10-5-3-4-9(2)11(10)7-8;1-2-8-6-4-3-5-7-8;;;/h2*3-7H,1-2H3;3-7H,1H3;2*1H;/q2*-1;;;;+2/p-2. The summed E-state index contributed by atoms with van der Waals surface area (Å²) >= 11 is 1.51. The summed E-state index contributed by atoms with van der Waals surface area (Å²) in [6, 6.07) is 32.3. The second-order valence-corrected chi connectivity index (χ2v) is 10.1. The van der Waals surface area contributed by atoms with E-state index >= 15 is 0 Å². The average molecular weight is 553 g/mol. The quantitative estimate of drug-likeness (QED) is 0.280. The van der Waals surface area contributed by atoms with E-state index in [1.165, 1.54) is 76.8 Å². The van der Waals surface area contributed by atoms with E-state index in [0.717, 1.165) is 0 Å². The topological polar surface area (TPSA) is 0 Å². The van der Waals surface area contributed by atoms with Gasteiger partial charge in [0.15, 0.2) is 0 Å². The van der Waals surface area contributed by atoms with Crippen LogP contribution in [0.15, 0.2) is 91.0 Å². The van der Waals surface area contributed by atoms with Crippen molar-refractivity contribution in [2.45, 2.75) is 34.6 Å². The van der Waals surface area contributed by atoms with Crippen LogP contribution < -0.4 is 24.8 Å². The van der Waals surface area contributed by atoms with Crippen LogP contribution in [0.4, 0.5) is 0 Å². The fourth-order valence-electron chi connectivity index (χ4n) is 3.77. The molecular formula is C30H30Cl2Zr-2. The molecule has 0 aliphatic rings. The van der Waals surface area contributed by atoms with Crippen LogP contribution in [0.2, 0.25) is 0 Å². The Bertz CT molecular complexity index is 1220. The van der Waals surface area contributed by atoms with Crippen molar-refractivity contribution in [3.63, 3.8) is 0 Å². The second-order valence-electron chi connectivity index (χ2n) is 8.21. The SMILES string of the molecule is C[C](=[Zr+2])c1ccccc1.Cc1cc2c(C)cccc2[cH-]1.Cc1cc2c(C)cccc2[cH-]1.[Cl-].[Cl-]. The maximum atomic E-state index is 2.24. The molecule has 0 amide bonds. The van der Waals surface area contributed by atoms with Gasteiger partial charge in [-0.25, -0.2) is 0 Å². The molecule has 0 spiro atoms. The predicted molar refractivity (Wildman–Crippen MR) is 134 cm³/mol. The Kier molecular flexibility index (Phi) is 12.2. The van der Waals surface area contributed by atoms with Gasteiger partial charge in [0.05, 0.1) is 0 Å². The van der Waals surface area contributed by atoms with Gasteiger partial charge < -0.3 is 24.8 Å². The number of benzene rings is 3. The molecule has 33 heavy (non-hydrogen) atoms. The summed E-state index contributed by atoms with van der Waals surface area (Å²) in [5.41, 5.74) is 6.82. The number of hydrogen-bond donors (Lipinski definition) is 0. The minimum atomic E-state index is 0. The first-order valence-corrected chi connectivity index (χ1v) is 11.9. The first-order valence-electron chi connectivity index (χ1n) is 10.7. The molecule has 3 heteroatoms. The summed E-state index contributed by atoms with van der Waals surface area (Å²) in [5.74, 6) is 0. The average Bonchev–Trinajstić information content (AvgIpc) is 3.33. The van der Waals surface area contributed by atoms with Crippen molar-refractivity contribution in [3.8, 4) is 0 Å². The number of fused-ring (bicyclic) bond motifs is 2. The first-order chi connectivity index (χ1) is 14.8. The Morgan fingerprint density at radius 3 is 1.36 bits per heavy atom. The fraction of sp³-hybridized carbons (Fsp3) is 0.167. The molecule has 0 radical (unpaired) electrons. The zero-order chi connectivity index (χ0) is 22.4. The Balaban J connectivity index is 0.000000242. The van der Waals surface area contributed by atoms with Crippen LogP contribution in [0.5, 0.6) is 0 Å². The summed E-state index contributed by atoms with van der Waals surface area (Å²) in [7, 11) is 0. The van der Waals surface area contributed by atoms with Crippen molar-refractivity contribution >= 4 is 24.8 Å². The summed E-state index contributed by atoms with van der Waals surface area (Å²) in [6.07, 6.45) is 0. The van der Waals surface area contributed by atoms with Crippen LogP contribution in [-0.4, -0.2) is 3.21 Å². The van der Waals surface area contributed by atoms with Gasteiger partial charge in [-0.2, -0.15) is 12.1 Å². The van der Waals surface area contributed by atoms with Gasteiger partial charge in [-0.1, -0.05) is 37.1 Å². The molecule has 5 rings (SSSR count). The largest absolute Gasteiger partial charge is 1.00 e. The van der Waals surface area contributed by atoms with Crippen molar-refractivity contribution in [3.05, 3.63) is 119 Å². The molecule has 0 saturated carbocycles. The summed E-state index contributed by atoms with van der Waals surface area (Å²) in [5, 5.41) is 5.51. The molecule has 0 aliphatic carbocycles. The van der Waals surface area contributed by atoms with Crippen molar-refractivity contribution in [1.29, 1.82) is 0 Å². The third-order valence-electron chi connectivity index (χ3n) is 5.43. The normalized spacial score (nSPS) is 9.67. The molecule has 0 atom stereocenters. The van der Waals surface area contributed by atoms with Gasteiger partial charge in [0.25, 0.3) is 0 Å². The minimum Gasteiger partial charge on any atom is -1.00 e. The molecule has 5 aromatic rings. The summed E-state index contributed by atoms with van der Waals surface area (Å²) in [4.78, 5) is 0. The zero-order valence-corrected chi connectivity index (χ0v) is 23.9. The third-order valence-corrected chi connectivity index (χ3v) is 6.14. The summed E-state index contributed by atoms with van der Waals surface area (Å²) in [6.45, 7) is 10.7. The van der Waals surface area contributed by atoms with Crippen molar-refractivity contribution in [2.24, 2.45) is 0 Å².